The Kier molecular flexibility index (Phi) is 3.23. The maximum Gasteiger partial charge on any atom is 0.129 e. The Morgan fingerprint density at radius 1 is 0.882 bits per heavy atom. The van der Waals surface area contributed by atoms with Gasteiger partial charge in [-0.05, 0) is 37.1 Å². The van der Waals surface area contributed by atoms with Crippen LogP contribution in [-0.2, 0) is 6.42 Å². The molecule has 0 saturated heterocycles. The van der Waals surface area contributed by atoms with Gasteiger partial charge in [0, 0.05) is 12.0 Å². The van der Waals surface area contributed by atoms with Gasteiger partial charge in [-0.2, -0.15) is 0 Å². The number of halogens is 2. The minimum absolute atomic E-state index is 0.140. The molecule has 0 aliphatic heterocycles. The zero-order valence-corrected chi connectivity index (χ0v) is 9.93. The third-order valence-electron chi connectivity index (χ3n) is 2.75. The van der Waals surface area contributed by atoms with Crippen LogP contribution in [0, 0.1) is 25.5 Å². The fourth-order valence-corrected chi connectivity index (χ4v) is 1.92. The topological polar surface area (TPSA) is 0 Å². The number of hydrogen-bond donors (Lipinski definition) is 0. The van der Waals surface area contributed by atoms with Crippen LogP contribution >= 0.6 is 0 Å². The molecule has 0 spiro atoms. The van der Waals surface area contributed by atoms with Crippen LogP contribution in [0.3, 0.4) is 0 Å². The van der Waals surface area contributed by atoms with E-state index >= 15 is 0 Å². The third-order valence-corrected chi connectivity index (χ3v) is 2.75. The van der Waals surface area contributed by atoms with E-state index in [4.69, 9.17) is 0 Å². The first-order valence-electron chi connectivity index (χ1n) is 5.56. The van der Waals surface area contributed by atoms with E-state index in [1.807, 2.05) is 31.2 Å². The van der Waals surface area contributed by atoms with Crippen LogP contribution in [0.15, 0.2) is 36.4 Å². The minimum atomic E-state index is -0.469. The number of benzene rings is 2. The van der Waals surface area contributed by atoms with E-state index in [9.17, 15) is 8.78 Å². The standard InChI is InChI=1S/C15H14F2/c1-10-4-3-5-12(6-10)9-13-14(16)7-11(2)8-15(13)17/h3-8H,9H2,1-2H3. The van der Waals surface area contributed by atoms with Crippen molar-refractivity contribution in [1.82, 2.24) is 0 Å². The van der Waals surface area contributed by atoms with Crippen molar-refractivity contribution in [3.63, 3.8) is 0 Å². The average molecular weight is 232 g/mol. The van der Waals surface area contributed by atoms with Crippen molar-refractivity contribution < 1.29 is 8.78 Å². The first-order valence-corrected chi connectivity index (χ1v) is 5.56. The highest BCUT2D eigenvalue weighted by atomic mass is 19.1. The Morgan fingerprint density at radius 2 is 1.53 bits per heavy atom. The molecule has 0 radical (unpaired) electrons. The number of rotatable bonds is 2. The molecule has 88 valence electrons. The second-order valence-corrected chi connectivity index (χ2v) is 4.37. The molecule has 2 aromatic rings. The molecule has 0 heterocycles. The van der Waals surface area contributed by atoms with Gasteiger partial charge in [-0.25, -0.2) is 8.78 Å². The molecule has 0 saturated carbocycles. The van der Waals surface area contributed by atoms with Crippen LogP contribution in [0.25, 0.3) is 0 Å². The molecule has 0 aromatic heterocycles. The van der Waals surface area contributed by atoms with E-state index < -0.39 is 11.6 Å². The van der Waals surface area contributed by atoms with Crippen LogP contribution in [0.4, 0.5) is 8.78 Å². The maximum absolute atomic E-state index is 13.7. The quantitative estimate of drug-likeness (QED) is 0.729. The predicted molar refractivity (Wildman–Crippen MR) is 65.1 cm³/mol. The molecule has 0 nitrogen and oxygen atoms in total. The van der Waals surface area contributed by atoms with Crippen molar-refractivity contribution in [2.45, 2.75) is 20.3 Å². The molecule has 17 heavy (non-hydrogen) atoms. The summed E-state index contributed by atoms with van der Waals surface area (Å²) < 4.78 is 27.3. The van der Waals surface area contributed by atoms with E-state index in [0.717, 1.165) is 11.1 Å². The fraction of sp³-hybridized carbons (Fsp3) is 0.200. The van der Waals surface area contributed by atoms with Crippen molar-refractivity contribution in [1.29, 1.82) is 0 Å². The molecule has 2 aromatic carbocycles. The van der Waals surface area contributed by atoms with E-state index in [-0.39, 0.29) is 5.56 Å². The lowest BCUT2D eigenvalue weighted by Gasteiger charge is -2.07. The monoisotopic (exact) mass is 232 g/mol. The van der Waals surface area contributed by atoms with Gasteiger partial charge in [-0.15, -0.1) is 0 Å². The molecular weight excluding hydrogens is 218 g/mol. The van der Waals surface area contributed by atoms with Crippen molar-refractivity contribution in [2.75, 3.05) is 0 Å². The molecule has 0 fully saturated rings. The fourth-order valence-electron chi connectivity index (χ4n) is 1.92. The highest BCUT2D eigenvalue weighted by molar-refractivity contribution is 5.32. The predicted octanol–water partition coefficient (Wildman–Crippen LogP) is 4.17. The Balaban J connectivity index is 2.36. The van der Waals surface area contributed by atoms with Gasteiger partial charge >= 0.3 is 0 Å². The lowest BCUT2D eigenvalue weighted by molar-refractivity contribution is 0.559. The van der Waals surface area contributed by atoms with Gasteiger partial charge in [0.05, 0.1) is 0 Å². The summed E-state index contributed by atoms with van der Waals surface area (Å²) in [7, 11) is 0. The Hall–Kier alpha value is -1.70. The van der Waals surface area contributed by atoms with E-state index in [0.29, 0.717) is 12.0 Å². The third kappa shape index (κ3) is 2.70. The summed E-state index contributed by atoms with van der Waals surface area (Å²) in [5.41, 5.74) is 2.76. The Labute approximate surface area is 99.9 Å². The summed E-state index contributed by atoms with van der Waals surface area (Å²) in [6, 6.07) is 10.4. The average Bonchev–Trinajstić information content (AvgIpc) is 2.23. The summed E-state index contributed by atoms with van der Waals surface area (Å²) in [6.07, 6.45) is 0.291. The Morgan fingerprint density at radius 3 is 2.12 bits per heavy atom. The molecule has 0 amide bonds. The normalized spacial score (nSPS) is 10.6. The van der Waals surface area contributed by atoms with Gasteiger partial charge in [0.25, 0.3) is 0 Å². The van der Waals surface area contributed by atoms with Gasteiger partial charge < -0.3 is 0 Å². The molecule has 0 aliphatic rings. The molecule has 0 atom stereocenters. The van der Waals surface area contributed by atoms with Gasteiger partial charge in [-0.1, -0.05) is 29.8 Å². The highest BCUT2D eigenvalue weighted by Crippen LogP contribution is 2.19. The van der Waals surface area contributed by atoms with Crippen LogP contribution < -0.4 is 0 Å². The van der Waals surface area contributed by atoms with E-state index in [1.165, 1.54) is 12.1 Å². The number of hydrogen-bond acceptors (Lipinski definition) is 0. The largest absolute Gasteiger partial charge is 0.207 e. The second kappa shape index (κ2) is 4.66. The van der Waals surface area contributed by atoms with E-state index in [2.05, 4.69) is 0 Å². The molecule has 2 heteroatoms. The SMILES string of the molecule is Cc1cccc(Cc2c(F)cc(C)cc2F)c1. The van der Waals surface area contributed by atoms with Crippen LogP contribution in [0.2, 0.25) is 0 Å². The van der Waals surface area contributed by atoms with Crippen molar-refractivity contribution >= 4 is 0 Å². The summed E-state index contributed by atoms with van der Waals surface area (Å²) in [5.74, 6) is -0.937. The smallest absolute Gasteiger partial charge is 0.129 e. The second-order valence-electron chi connectivity index (χ2n) is 4.37. The van der Waals surface area contributed by atoms with Gasteiger partial charge in [0.15, 0.2) is 0 Å². The lowest BCUT2D eigenvalue weighted by Crippen LogP contribution is -1.98. The molecule has 0 N–H and O–H groups in total. The summed E-state index contributed by atoms with van der Waals surface area (Å²) in [4.78, 5) is 0. The zero-order chi connectivity index (χ0) is 12.4. The maximum atomic E-state index is 13.7. The molecular formula is C15H14F2. The molecule has 0 aliphatic carbocycles. The molecule has 0 unspecified atom stereocenters. The number of aryl methyl sites for hydroxylation is 2. The van der Waals surface area contributed by atoms with Gasteiger partial charge in [-0.3, -0.25) is 0 Å². The van der Waals surface area contributed by atoms with Crippen molar-refractivity contribution in [3.05, 3.63) is 70.3 Å². The highest BCUT2D eigenvalue weighted by Gasteiger charge is 2.10. The lowest BCUT2D eigenvalue weighted by atomic mass is 10.0. The summed E-state index contributed by atoms with van der Waals surface area (Å²) >= 11 is 0. The zero-order valence-electron chi connectivity index (χ0n) is 9.93. The van der Waals surface area contributed by atoms with Crippen LogP contribution in [0.1, 0.15) is 22.3 Å². The van der Waals surface area contributed by atoms with Crippen molar-refractivity contribution in [2.24, 2.45) is 0 Å². The minimum Gasteiger partial charge on any atom is -0.207 e. The van der Waals surface area contributed by atoms with Crippen LogP contribution in [-0.4, -0.2) is 0 Å². The first kappa shape index (κ1) is 11.8. The van der Waals surface area contributed by atoms with Crippen LogP contribution in [0.5, 0.6) is 0 Å². The first-order chi connectivity index (χ1) is 8.06. The summed E-state index contributed by atoms with van der Waals surface area (Å²) in [6.45, 7) is 3.65. The van der Waals surface area contributed by atoms with Crippen molar-refractivity contribution in [3.8, 4) is 0 Å². The van der Waals surface area contributed by atoms with E-state index in [1.54, 1.807) is 6.92 Å². The van der Waals surface area contributed by atoms with Gasteiger partial charge in [0.2, 0.25) is 0 Å². The van der Waals surface area contributed by atoms with Gasteiger partial charge in [0.1, 0.15) is 11.6 Å². The Bertz CT molecular complexity index is 521. The summed E-state index contributed by atoms with van der Waals surface area (Å²) in [5, 5.41) is 0. The molecule has 0 bridgehead atoms. The molecule has 2 rings (SSSR count).